The van der Waals surface area contributed by atoms with Gasteiger partial charge in [0.05, 0.1) is 12.2 Å². The number of hydrogen-bond acceptors (Lipinski definition) is 14. The van der Waals surface area contributed by atoms with Gasteiger partial charge in [-0.25, -0.2) is 0 Å². The smallest absolute Gasteiger partial charge is 0.324 e. The summed E-state index contributed by atoms with van der Waals surface area (Å²) in [5.74, 6) is 1.21. The van der Waals surface area contributed by atoms with Gasteiger partial charge in [0.2, 0.25) is 0 Å². The molecule has 0 saturated heterocycles. The maximum atomic E-state index is 12.4. The quantitative estimate of drug-likeness (QED) is 0.150. The van der Waals surface area contributed by atoms with E-state index >= 15 is 0 Å². The average molecular weight is 647 g/mol. The van der Waals surface area contributed by atoms with Crippen LogP contribution < -0.4 is 10.5 Å². The van der Waals surface area contributed by atoms with Gasteiger partial charge in [0.25, 0.3) is 0 Å². The summed E-state index contributed by atoms with van der Waals surface area (Å²) in [6.07, 6.45) is 9.82. The van der Waals surface area contributed by atoms with Gasteiger partial charge in [-0.2, -0.15) is 8.67 Å². The zero-order valence-electron chi connectivity index (χ0n) is 25.1. The molecule has 4 unspecified atom stereocenters. The molecule has 0 aromatic rings. The van der Waals surface area contributed by atoms with Crippen molar-refractivity contribution in [3.63, 3.8) is 0 Å². The molecule has 4 atom stereocenters. The van der Waals surface area contributed by atoms with Crippen LogP contribution in [0.3, 0.4) is 0 Å². The summed E-state index contributed by atoms with van der Waals surface area (Å²) in [5, 5.41) is 37.1. The van der Waals surface area contributed by atoms with Gasteiger partial charge in [0.15, 0.2) is 0 Å². The van der Waals surface area contributed by atoms with E-state index in [0.717, 1.165) is 51.4 Å². The molecule has 0 radical (unpaired) electrons. The predicted molar refractivity (Wildman–Crippen MR) is 148 cm³/mol. The van der Waals surface area contributed by atoms with Crippen molar-refractivity contribution in [2.45, 2.75) is 119 Å². The first-order valence-electron chi connectivity index (χ1n) is 15.1. The summed E-state index contributed by atoms with van der Waals surface area (Å²) in [4.78, 5) is 36.7. The number of carbonyl (C=O) groups excluding carboxylic acids is 3. The molecule has 8 bridgehead atoms. The third-order valence-corrected chi connectivity index (χ3v) is 11.8. The standard InChI is InChI=1S/C15H24O6S.C14H20O6S/c1-13(2,22-21-20-18)12(16)19-9-14-4-10-3-11(5-14)7-15(17,6-10)8-14;1-13(2,21-20-19-17)12(16)18-14-5-8-3-9(6-14)11(15)10(4-8)7-14/h10-11,17-18H,3-9H2,1-2H3;8-10,17H,3-7H2,1-2H3/p-2. The summed E-state index contributed by atoms with van der Waals surface area (Å²) in [5.41, 5.74) is -1.14. The molecular formula is C29H42O12S2-2. The molecule has 12 nitrogen and oxygen atoms in total. The lowest BCUT2D eigenvalue weighted by molar-refractivity contribution is -0.777. The monoisotopic (exact) mass is 646 g/mol. The summed E-state index contributed by atoms with van der Waals surface area (Å²) < 4.78 is 17.8. The molecule has 8 fully saturated rings. The second-order valence-electron chi connectivity index (χ2n) is 15.0. The lowest BCUT2D eigenvalue weighted by Crippen LogP contribution is -2.57. The first-order chi connectivity index (χ1) is 20.1. The van der Waals surface area contributed by atoms with Gasteiger partial charge in [-0.15, -0.1) is 0 Å². The van der Waals surface area contributed by atoms with Crippen molar-refractivity contribution in [1.29, 1.82) is 0 Å². The third kappa shape index (κ3) is 7.22. The Labute approximate surface area is 260 Å². The van der Waals surface area contributed by atoms with E-state index in [1.54, 1.807) is 27.7 Å². The van der Waals surface area contributed by atoms with Crippen LogP contribution in [0.1, 0.15) is 98.3 Å². The van der Waals surface area contributed by atoms with Crippen LogP contribution in [0.4, 0.5) is 0 Å². The van der Waals surface area contributed by atoms with Crippen molar-refractivity contribution >= 4 is 41.8 Å². The van der Waals surface area contributed by atoms with Gasteiger partial charge in [0, 0.05) is 41.3 Å². The van der Waals surface area contributed by atoms with E-state index in [2.05, 4.69) is 18.7 Å². The van der Waals surface area contributed by atoms with Crippen molar-refractivity contribution in [3.8, 4) is 0 Å². The van der Waals surface area contributed by atoms with Crippen LogP contribution in [-0.4, -0.2) is 50.1 Å². The highest BCUT2D eigenvalue weighted by atomic mass is 32.2. The Kier molecular flexibility index (Phi) is 9.57. The number of Topliss-reactive ketones (excluding diaryl/α,β-unsaturated/α-hetero) is 1. The Bertz CT molecular complexity index is 1050. The van der Waals surface area contributed by atoms with Gasteiger partial charge in [-0.05, 0) is 116 Å². The molecule has 0 amide bonds. The number of aliphatic hydroxyl groups is 1. The molecule has 244 valence electrons. The first kappa shape index (κ1) is 33.4. The Morgan fingerprint density at radius 2 is 1.35 bits per heavy atom. The Morgan fingerprint density at radius 1 is 0.814 bits per heavy atom. The molecular weight excluding hydrogens is 604 g/mol. The number of ketones is 1. The second kappa shape index (κ2) is 12.3. The molecule has 0 aliphatic heterocycles. The highest BCUT2D eigenvalue weighted by Crippen LogP contribution is 2.62. The molecule has 0 heterocycles. The molecule has 14 heteroatoms. The SMILES string of the molecule is CC(C)(SOO[O-])C(=O)OC12CC3CC(C1)C(=O)C(C3)C2.CC(C)(SOO[O-])C(=O)OCC12CC3CC(CC(O)(C3)C1)C2. The Balaban J connectivity index is 0.000000171. The molecule has 8 saturated carbocycles. The molecule has 43 heavy (non-hydrogen) atoms. The zero-order valence-corrected chi connectivity index (χ0v) is 26.8. The predicted octanol–water partition coefficient (Wildman–Crippen LogP) is 2.84. The van der Waals surface area contributed by atoms with E-state index in [0.29, 0.717) is 67.1 Å². The van der Waals surface area contributed by atoms with Crippen LogP contribution in [0, 0.1) is 35.0 Å². The lowest BCUT2D eigenvalue weighted by atomic mass is 9.48. The van der Waals surface area contributed by atoms with Gasteiger partial charge in [-0.1, -0.05) is 0 Å². The minimum Gasteiger partial charge on any atom is -0.691 e. The minimum absolute atomic E-state index is 0.0565. The van der Waals surface area contributed by atoms with Crippen molar-refractivity contribution in [1.82, 2.24) is 0 Å². The molecule has 0 aromatic heterocycles. The fourth-order valence-corrected chi connectivity index (χ4v) is 9.98. The van der Waals surface area contributed by atoms with E-state index in [1.807, 2.05) is 0 Å². The molecule has 0 spiro atoms. The van der Waals surface area contributed by atoms with Gasteiger partial charge in [-0.3, -0.25) is 24.5 Å². The van der Waals surface area contributed by atoms with Crippen LogP contribution >= 0.6 is 24.1 Å². The molecule has 1 N–H and O–H groups in total. The maximum Gasteiger partial charge on any atom is 0.324 e. The molecule has 8 aliphatic carbocycles. The Hall–Kier alpha value is -0.970. The minimum atomic E-state index is -1.03. The van der Waals surface area contributed by atoms with Crippen LogP contribution in [0.15, 0.2) is 0 Å². The largest absolute Gasteiger partial charge is 0.691 e. The van der Waals surface area contributed by atoms with E-state index in [1.165, 1.54) is 6.42 Å². The summed E-state index contributed by atoms with van der Waals surface area (Å²) in [6.45, 7) is 6.80. The summed E-state index contributed by atoms with van der Waals surface area (Å²) >= 11 is 1.28. The maximum absolute atomic E-state index is 12.4. The summed E-state index contributed by atoms with van der Waals surface area (Å²) in [6, 6.07) is 0. The van der Waals surface area contributed by atoms with E-state index in [4.69, 9.17) is 9.47 Å². The highest BCUT2D eigenvalue weighted by molar-refractivity contribution is 7.96. The normalized spacial score (nSPS) is 39.0. The molecule has 0 aromatic carbocycles. The van der Waals surface area contributed by atoms with Gasteiger partial charge in [0.1, 0.15) is 20.9 Å². The number of carbonyl (C=O) groups is 3. The summed E-state index contributed by atoms with van der Waals surface area (Å²) in [7, 11) is 0. The van der Waals surface area contributed by atoms with E-state index < -0.39 is 32.6 Å². The van der Waals surface area contributed by atoms with Crippen LogP contribution in [-0.2, 0) is 42.6 Å². The number of esters is 2. The zero-order chi connectivity index (χ0) is 31.3. The van der Waals surface area contributed by atoms with Crippen LogP contribution in [0.25, 0.3) is 0 Å². The van der Waals surface area contributed by atoms with Crippen molar-refractivity contribution < 1.29 is 58.2 Å². The number of hydrogen-bond donors (Lipinski definition) is 1. The fourth-order valence-electron chi connectivity index (χ4n) is 9.35. The second-order valence-corrected chi connectivity index (χ2v) is 17.7. The number of ether oxygens (including phenoxy) is 2. The number of rotatable bonds is 11. The third-order valence-electron chi connectivity index (χ3n) is 10.4. The van der Waals surface area contributed by atoms with Crippen LogP contribution in [0.5, 0.6) is 0 Å². The van der Waals surface area contributed by atoms with E-state index in [9.17, 15) is 30.0 Å². The average Bonchev–Trinajstić information content (AvgIpc) is 2.90. The van der Waals surface area contributed by atoms with Gasteiger partial charge < -0.3 is 25.1 Å². The molecule has 8 aliphatic rings. The van der Waals surface area contributed by atoms with Crippen LogP contribution in [0.2, 0.25) is 0 Å². The topological polar surface area (TPSA) is 173 Å². The fraction of sp³-hybridized carbons (Fsp3) is 0.897. The molecule has 8 rings (SSSR count). The van der Waals surface area contributed by atoms with E-state index in [-0.39, 0.29) is 17.3 Å². The van der Waals surface area contributed by atoms with Crippen molar-refractivity contribution in [2.75, 3.05) is 6.61 Å². The first-order valence-corrected chi connectivity index (χ1v) is 16.5. The lowest BCUT2D eigenvalue weighted by Gasteiger charge is -2.59. The Morgan fingerprint density at radius 3 is 1.86 bits per heavy atom. The van der Waals surface area contributed by atoms with Crippen molar-refractivity contribution in [3.05, 3.63) is 0 Å². The van der Waals surface area contributed by atoms with Crippen molar-refractivity contribution in [2.24, 2.45) is 35.0 Å². The van der Waals surface area contributed by atoms with Gasteiger partial charge >= 0.3 is 11.9 Å². The highest BCUT2D eigenvalue weighted by Gasteiger charge is 2.59.